The quantitative estimate of drug-likeness (QED) is 0.725. The molecule has 0 amide bonds. The smallest absolute Gasteiger partial charge is 0.320 e. The molecule has 4 nitrogen and oxygen atoms in total. The van der Waals surface area contributed by atoms with E-state index >= 15 is 0 Å². The molecule has 98 valence electrons. The van der Waals surface area contributed by atoms with Gasteiger partial charge in [-0.3, -0.25) is 4.79 Å². The summed E-state index contributed by atoms with van der Waals surface area (Å²) in [4.78, 5) is 10.9. The van der Waals surface area contributed by atoms with E-state index in [1.807, 2.05) is 0 Å². The monoisotopic (exact) mass is 253 g/mol. The van der Waals surface area contributed by atoms with Crippen molar-refractivity contribution < 1.29 is 19.0 Å². The van der Waals surface area contributed by atoms with Crippen LogP contribution < -0.4 is 10.1 Å². The highest BCUT2D eigenvalue weighted by molar-refractivity contribution is 5.74. The van der Waals surface area contributed by atoms with Gasteiger partial charge in [0.15, 0.2) is 11.6 Å². The number of hydrogen-bond acceptors (Lipinski definition) is 3. The molecule has 18 heavy (non-hydrogen) atoms. The zero-order valence-electron chi connectivity index (χ0n) is 9.93. The summed E-state index contributed by atoms with van der Waals surface area (Å²) in [7, 11) is 0. The average Bonchev–Trinajstić information content (AvgIpc) is 3.15. The van der Waals surface area contributed by atoms with E-state index in [2.05, 4.69) is 5.32 Å². The lowest BCUT2D eigenvalue weighted by atomic mass is 10.2. The van der Waals surface area contributed by atoms with Crippen LogP contribution in [0.3, 0.4) is 0 Å². The molecule has 1 saturated carbocycles. The van der Waals surface area contributed by atoms with Crippen LogP contribution in [-0.4, -0.2) is 30.3 Å². The van der Waals surface area contributed by atoms with Crippen LogP contribution in [0.15, 0.2) is 24.3 Å². The number of halogens is 1. The van der Waals surface area contributed by atoms with Crippen molar-refractivity contribution in [2.45, 2.75) is 18.9 Å². The summed E-state index contributed by atoms with van der Waals surface area (Å²) in [5, 5.41) is 11.9. The predicted molar refractivity (Wildman–Crippen MR) is 64.0 cm³/mol. The van der Waals surface area contributed by atoms with E-state index in [4.69, 9.17) is 9.84 Å². The molecule has 0 radical (unpaired) electrons. The topological polar surface area (TPSA) is 58.6 Å². The van der Waals surface area contributed by atoms with E-state index in [-0.39, 0.29) is 18.3 Å². The van der Waals surface area contributed by atoms with Gasteiger partial charge in [-0.1, -0.05) is 12.1 Å². The van der Waals surface area contributed by atoms with Crippen LogP contribution in [0.1, 0.15) is 12.8 Å². The van der Waals surface area contributed by atoms with Crippen molar-refractivity contribution in [2.75, 3.05) is 13.2 Å². The predicted octanol–water partition coefficient (Wildman–Crippen LogP) is 1.66. The van der Waals surface area contributed by atoms with Crippen LogP contribution in [0.5, 0.6) is 5.75 Å². The first kappa shape index (κ1) is 12.8. The van der Waals surface area contributed by atoms with Crippen LogP contribution in [0.25, 0.3) is 0 Å². The summed E-state index contributed by atoms with van der Waals surface area (Å²) in [5.74, 6) is -0.813. The van der Waals surface area contributed by atoms with Gasteiger partial charge in [-0.05, 0) is 30.9 Å². The molecule has 2 rings (SSSR count). The maximum atomic E-state index is 13.2. The number of aliphatic carboxylic acids is 1. The molecule has 1 aliphatic rings. The lowest BCUT2D eigenvalue weighted by Gasteiger charge is -2.14. The molecule has 5 heteroatoms. The van der Waals surface area contributed by atoms with E-state index in [1.54, 1.807) is 18.2 Å². The number of hydrogen-bond donors (Lipinski definition) is 2. The van der Waals surface area contributed by atoms with Gasteiger partial charge in [-0.25, -0.2) is 4.39 Å². The molecule has 0 bridgehead atoms. The molecule has 1 atom stereocenters. The summed E-state index contributed by atoms with van der Waals surface area (Å²) < 4.78 is 18.4. The Hall–Kier alpha value is -1.62. The van der Waals surface area contributed by atoms with Crippen molar-refractivity contribution in [3.63, 3.8) is 0 Å². The van der Waals surface area contributed by atoms with E-state index in [0.717, 1.165) is 12.8 Å². The molecule has 2 N–H and O–H groups in total. The van der Waals surface area contributed by atoms with E-state index in [1.165, 1.54) is 6.07 Å². The number of carboxylic acids is 1. The lowest BCUT2D eigenvalue weighted by Crippen LogP contribution is -2.40. The third-order valence-corrected chi connectivity index (χ3v) is 2.92. The maximum Gasteiger partial charge on any atom is 0.320 e. The van der Waals surface area contributed by atoms with Gasteiger partial charge in [-0.2, -0.15) is 0 Å². The van der Waals surface area contributed by atoms with Gasteiger partial charge in [0.1, 0.15) is 12.6 Å². The third-order valence-electron chi connectivity index (χ3n) is 2.92. The molecule has 0 saturated heterocycles. The highest BCUT2D eigenvalue weighted by atomic mass is 19.1. The summed E-state index contributed by atoms with van der Waals surface area (Å²) in [6, 6.07) is 5.65. The van der Waals surface area contributed by atoms with Crippen molar-refractivity contribution in [3.8, 4) is 5.75 Å². The first-order valence-corrected chi connectivity index (χ1v) is 6.02. The summed E-state index contributed by atoms with van der Waals surface area (Å²) >= 11 is 0. The minimum Gasteiger partial charge on any atom is -0.489 e. The van der Waals surface area contributed by atoms with Crippen LogP contribution in [0.4, 0.5) is 4.39 Å². The Morgan fingerprint density at radius 2 is 2.22 bits per heavy atom. The third kappa shape index (κ3) is 3.43. The number of benzene rings is 1. The molecule has 1 aromatic carbocycles. The molecule has 1 unspecified atom stereocenters. The molecule has 0 aromatic heterocycles. The van der Waals surface area contributed by atoms with Crippen LogP contribution in [0, 0.1) is 11.7 Å². The number of carbonyl (C=O) groups is 1. The maximum absolute atomic E-state index is 13.2. The second-order valence-corrected chi connectivity index (χ2v) is 4.39. The van der Waals surface area contributed by atoms with Gasteiger partial charge in [-0.15, -0.1) is 0 Å². The second-order valence-electron chi connectivity index (χ2n) is 4.39. The average molecular weight is 253 g/mol. The Kier molecular flexibility index (Phi) is 4.15. The summed E-state index contributed by atoms with van der Waals surface area (Å²) in [5.41, 5.74) is 0. The zero-order valence-corrected chi connectivity index (χ0v) is 9.93. The van der Waals surface area contributed by atoms with E-state index in [0.29, 0.717) is 6.54 Å². The normalized spacial score (nSPS) is 16.3. The summed E-state index contributed by atoms with van der Waals surface area (Å²) in [6.07, 6.45) is 1.91. The number of carboxylic acid groups (broad SMARTS) is 1. The minimum atomic E-state index is -0.830. The van der Waals surface area contributed by atoms with Gasteiger partial charge in [0.2, 0.25) is 0 Å². The second kappa shape index (κ2) is 5.82. The molecule has 1 fully saturated rings. The Morgan fingerprint density at radius 1 is 1.50 bits per heavy atom. The van der Waals surface area contributed by atoms with Crippen molar-refractivity contribution in [3.05, 3.63) is 30.1 Å². The zero-order chi connectivity index (χ0) is 13.0. The number of nitrogens with one attached hydrogen (secondary N) is 1. The minimum absolute atomic E-state index is 0.192. The van der Waals surface area contributed by atoms with Crippen molar-refractivity contribution in [2.24, 2.45) is 5.92 Å². The molecule has 1 aliphatic carbocycles. The highest BCUT2D eigenvalue weighted by Crippen LogP contribution is 2.32. The van der Waals surface area contributed by atoms with Crippen molar-refractivity contribution in [1.29, 1.82) is 0 Å². The Bertz CT molecular complexity index is 420. The molecular formula is C13H16FNO3. The number of rotatable bonds is 7. The van der Waals surface area contributed by atoms with E-state index in [9.17, 15) is 9.18 Å². The molecule has 1 aromatic rings. The van der Waals surface area contributed by atoms with Crippen LogP contribution in [-0.2, 0) is 4.79 Å². The summed E-state index contributed by atoms with van der Waals surface area (Å²) in [6.45, 7) is 0.638. The number of ether oxygens (including phenoxy) is 1. The molecule has 0 heterocycles. The molecule has 0 spiro atoms. The fourth-order valence-electron chi connectivity index (χ4n) is 1.82. The first-order chi connectivity index (χ1) is 8.68. The number of para-hydroxylation sites is 1. The Balaban J connectivity index is 1.72. The standard InChI is InChI=1S/C13H16FNO3/c14-10-3-1-2-4-11(10)18-8-7-15-12(13(16)17)9-5-6-9/h1-4,9,12,15H,5-8H2,(H,16,17). The van der Waals surface area contributed by atoms with Gasteiger partial charge in [0, 0.05) is 6.54 Å². The lowest BCUT2D eigenvalue weighted by molar-refractivity contribution is -0.140. The SMILES string of the molecule is O=C(O)C(NCCOc1ccccc1F)C1CC1. The van der Waals surface area contributed by atoms with Crippen molar-refractivity contribution in [1.82, 2.24) is 5.32 Å². The fourth-order valence-corrected chi connectivity index (χ4v) is 1.82. The van der Waals surface area contributed by atoms with E-state index < -0.39 is 17.8 Å². The Morgan fingerprint density at radius 3 is 2.83 bits per heavy atom. The fraction of sp³-hybridized carbons (Fsp3) is 0.462. The highest BCUT2D eigenvalue weighted by Gasteiger charge is 2.35. The molecular weight excluding hydrogens is 237 g/mol. The van der Waals surface area contributed by atoms with Crippen LogP contribution in [0.2, 0.25) is 0 Å². The Labute approximate surface area is 105 Å². The van der Waals surface area contributed by atoms with Crippen LogP contribution >= 0.6 is 0 Å². The largest absolute Gasteiger partial charge is 0.489 e. The first-order valence-electron chi connectivity index (χ1n) is 6.02. The van der Waals surface area contributed by atoms with Gasteiger partial charge in [0.05, 0.1) is 0 Å². The van der Waals surface area contributed by atoms with Gasteiger partial charge < -0.3 is 15.2 Å². The van der Waals surface area contributed by atoms with Gasteiger partial charge >= 0.3 is 5.97 Å². The molecule has 0 aliphatic heterocycles. The van der Waals surface area contributed by atoms with Crippen molar-refractivity contribution >= 4 is 5.97 Å². The van der Waals surface area contributed by atoms with Gasteiger partial charge in [0.25, 0.3) is 0 Å².